The Hall–Kier alpha value is -4.20. The molecule has 8 heteroatoms. The fourth-order valence-corrected chi connectivity index (χ4v) is 4.24. The van der Waals surface area contributed by atoms with E-state index in [2.05, 4.69) is 38.1 Å². The third-order valence-electron chi connectivity index (χ3n) is 6.05. The zero-order valence-corrected chi connectivity index (χ0v) is 19.2. The number of para-hydroxylation sites is 1. The number of aromatic nitrogens is 3. The van der Waals surface area contributed by atoms with Crippen molar-refractivity contribution in [3.8, 4) is 5.75 Å². The topological polar surface area (TPSA) is 83.5 Å². The Morgan fingerprint density at radius 2 is 1.68 bits per heavy atom. The number of amides is 1. The molecule has 0 radical (unpaired) electrons. The van der Waals surface area contributed by atoms with Crippen LogP contribution in [-0.2, 0) is 0 Å². The molecule has 0 atom stereocenters. The average Bonchev–Trinajstić information content (AvgIpc) is 2.89. The van der Waals surface area contributed by atoms with Gasteiger partial charge in [-0.1, -0.05) is 12.1 Å². The van der Waals surface area contributed by atoms with E-state index in [1.165, 1.54) is 0 Å². The number of anilines is 3. The number of nitrogens with zero attached hydrogens (tertiary/aromatic N) is 5. The van der Waals surface area contributed by atoms with E-state index in [1.807, 2.05) is 36.4 Å². The van der Waals surface area contributed by atoms with Crippen LogP contribution >= 0.6 is 0 Å². The van der Waals surface area contributed by atoms with E-state index in [-0.39, 0.29) is 5.91 Å². The summed E-state index contributed by atoms with van der Waals surface area (Å²) in [6.07, 6.45) is 3.55. The average molecular weight is 455 g/mol. The van der Waals surface area contributed by atoms with Crippen LogP contribution in [0.2, 0.25) is 0 Å². The Morgan fingerprint density at radius 3 is 2.44 bits per heavy atom. The summed E-state index contributed by atoms with van der Waals surface area (Å²) in [6.45, 7) is 5.47. The van der Waals surface area contributed by atoms with Crippen molar-refractivity contribution in [3.63, 3.8) is 0 Å². The molecule has 1 aliphatic heterocycles. The van der Waals surface area contributed by atoms with E-state index in [4.69, 9.17) is 9.72 Å². The van der Waals surface area contributed by atoms with Gasteiger partial charge in [-0.05, 0) is 55.0 Å². The van der Waals surface area contributed by atoms with Gasteiger partial charge in [-0.25, -0.2) is 15.0 Å². The van der Waals surface area contributed by atoms with Crippen LogP contribution in [0.25, 0.3) is 10.9 Å². The fourth-order valence-electron chi connectivity index (χ4n) is 4.24. The minimum absolute atomic E-state index is 0.209. The van der Waals surface area contributed by atoms with Gasteiger partial charge in [-0.3, -0.25) is 4.79 Å². The Kier molecular flexibility index (Phi) is 5.95. The summed E-state index contributed by atoms with van der Waals surface area (Å²) in [6, 6.07) is 16.9. The summed E-state index contributed by atoms with van der Waals surface area (Å²) in [5, 5.41) is 3.99. The van der Waals surface area contributed by atoms with Crippen LogP contribution in [0.5, 0.6) is 5.75 Å². The molecule has 1 N–H and O–H groups in total. The number of hydrogen-bond donors (Lipinski definition) is 1. The molecule has 0 bridgehead atoms. The van der Waals surface area contributed by atoms with Crippen molar-refractivity contribution in [2.24, 2.45) is 0 Å². The first-order valence-electron chi connectivity index (χ1n) is 11.2. The molecule has 0 unspecified atom stereocenters. The summed E-state index contributed by atoms with van der Waals surface area (Å²) >= 11 is 0. The van der Waals surface area contributed by atoms with Crippen LogP contribution in [-0.4, -0.2) is 54.1 Å². The predicted octanol–water partition coefficient (Wildman–Crippen LogP) is 3.92. The van der Waals surface area contributed by atoms with E-state index in [0.29, 0.717) is 11.3 Å². The van der Waals surface area contributed by atoms with Crippen LogP contribution in [0.3, 0.4) is 0 Å². The summed E-state index contributed by atoms with van der Waals surface area (Å²) in [5.74, 6) is 2.07. The molecular formula is C26H26N6O2. The highest BCUT2D eigenvalue weighted by Gasteiger charge is 2.20. The number of piperazine rings is 1. The second-order valence-electron chi connectivity index (χ2n) is 8.21. The Balaban J connectivity index is 1.32. The highest BCUT2D eigenvalue weighted by Crippen LogP contribution is 2.27. The maximum Gasteiger partial charge on any atom is 0.259 e. The van der Waals surface area contributed by atoms with Gasteiger partial charge in [0.1, 0.15) is 11.6 Å². The lowest BCUT2D eigenvalue weighted by atomic mass is 10.1. The summed E-state index contributed by atoms with van der Waals surface area (Å²) < 4.78 is 5.31. The van der Waals surface area contributed by atoms with Gasteiger partial charge < -0.3 is 19.9 Å². The number of nitrogens with one attached hydrogen (secondary N) is 1. The SMILES string of the molecule is COc1ccccc1C(=O)Nc1ccc2nc(N3CCN(c4ncccn4)CC3)cc(C)c2c1. The molecule has 172 valence electrons. The van der Waals surface area contributed by atoms with E-state index in [1.54, 1.807) is 31.6 Å². The predicted molar refractivity (Wildman–Crippen MR) is 134 cm³/mol. The lowest BCUT2D eigenvalue weighted by Crippen LogP contribution is -2.47. The van der Waals surface area contributed by atoms with Crippen LogP contribution in [0, 0.1) is 6.92 Å². The van der Waals surface area contributed by atoms with E-state index >= 15 is 0 Å². The number of methoxy groups -OCH3 is 1. The molecule has 2 aromatic heterocycles. The van der Waals surface area contributed by atoms with Crippen molar-refractivity contribution >= 4 is 34.3 Å². The molecule has 4 aromatic rings. The number of hydrogen-bond acceptors (Lipinski definition) is 7. The monoisotopic (exact) mass is 454 g/mol. The van der Waals surface area contributed by atoms with Crippen molar-refractivity contribution in [1.82, 2.24) is 15.0 Å². The van der Waals surface area contributed by atoms with Crippen LogP contribution in [0.4, 0.5) is 17.5 Å². The molecule has 8 nitrogen and oxygen atoms in total. The molecule has 1 saturated heterocycles. The Labute approximate surface area is 198 Å². The van der Waals surface area contributed by atoms with Gasteiger partial charge in [0.2, 0.25) is 5.95 Å². The molecule has 3 heterocycles. The zero-order chi connectivity index (χ0) is 23.5. The quantitative estimate of drug-likeness (QED) is 0.489. The second kappa shape index (κ2) is 9.35. The highest BCUT2D eigenvalue weighted by atomic mass is 16.5. The molecule has 1 amide bonds. The van der Waals surface area contributed by atoms with E-state index in [9.17, 15) is 4.79 Å². The van der Waals surface area contributed by atoms with Gasteiger partial charge in [-0.2, -0.15) is 0 Å². The van der Waals surface area contributed by atoms with Gasteiger partial charge in [0.25, 0.3) is 5.91 Å². The number of fused-ring (bicyclic) bond motifs is 1. The smallest absolute Gasteiger partial charge is 0.259 e. The van der Waals surface area contributed by atoms with Crippen molar-refractivity contribution in [2.75, 3.05) is 48.4 Å². The van der Waals surface area contributed by atoms with Crippen molar-refractivity contribution < 1.29 is 9.53 Å². The number of carbonyl (C=O) groups excluding carboxylic acids is 1. The minimum Gasteiger partial charge on any atom is -0.496 e. The Morgan fingerprint density at radius 1 is 0.941 bits per heavy atom. The molecular weight excluding hydrogens is 428 g/mol. The standard InChI is InChI=1S/C26H26N6O2/c1-18-16-24(31-12-14-32(15-13-31)26-27-10-5-11-28-26)30-22-9-8-19(17-21(18)22)29-25(33)20-6-3-4-7-23(20)34-2/h3-11,16-17H,12-15H2,1-2H3,(H,29,33). The van der Waals surface area contributed by atoms with Crippen molar-refractivity contribution in [3.05, 3.63) is 78.1 Å². The minimum atomic E-state index is -0.209. The van der Waals surface area contributed by atoms with Gasteiger partial charge in [-0.15, -0.1) is 0 Å². The lowest BCUT2D eigenvalue weighted by molar-refractivity contribution is 0.102. The number of aryl methyl sites for hydroxylation is 1. The third-order valence-corrected chi connectivity index (χ3v) is 6.05. The molecule has 1 fully saturated rings. The number of benzene rings is 2. The summed E-state index contributed by atoms with van der Waals surface area (Å²) in [5.41, 5.74) is 3.23. The number of pyridine rings is 1. The van der Waals surface area contributed by atoms with Gasteiger partial charge in [0.05, 0.1) is 18.2 Å². The van der Waals surface area contributed by atoms with Gasteiger partial charge >= 0.3 is 0 Å². The molecule has 1 aliphatic rings. The number of ether oxygens (including phenoxy) is 1. The first-order valence-corrected chi connectivity index (χ1v) is 11.2. The van der Waals surface area contributed by atoms with Crippen LogP contribution in [0.15, 0.2) is 67.0 Å². The van der Waals surface area contributed by atoms with Crippen LogP contribution in [0.1, 0.15) is 15.9 Å². The number of rotatable bonds is 5. The molecule has 0 aliphatic carbocycles. The summed E-state index contributed by atoms with van der Waals surface area (Å²) in [4.78, 5) is 30.9. The maximum atomic E-state index is 12.8. The van der Waals surface area contributed by atoms with E-state index < -0.39 is 0 Å². The number of carbonyl (C=O) groups is 1. The molecule has 34 heavy (non-hydrogen) atoms. The van der Waals surface area contributed by atoms with Crippen molar-refractivity contribution in [1.29, 1.82) is 0 Å². The highest BCUT2D eigenvalue weighted by molar-refractivity contribution is 6.07. The molecule has 2 aromatic carbocycles. The molecule has 5 rings (SSSR count). The normalized spacial score (nSPS) is 13.7. The zero-order valence-electron chi connectivity index (χ0n) is 19.2. The fraction of sp³-hybridized carbons (Fsp3) is 0.231. The van der Waals surface area contributed by atoms with Gasteiger partial charge in [0.15, 0.2) is 0 Å². The first kappa shape index (κ1) is 21.6. The van der Waals surface area contributed by atoms with Gasteiger partial charge in [0, 0.05) is 49.6 Å². The first-order chi connectivity index (χ1) is 16.6. The maximum absolute atomic E-state index is 12.8. The third kappa shape index (κ3) is 4.34. The second-order valence-corrected chi connectivity index (χ2v) is 8.21. The largest absolute Gasteiger partial charge is 0.496 e. The van der Waals surface area contributed by atoms with E-state index in [0.717, 1.165) is 60.1 Å². The van der Waals surface area contributed by atoms with Crippen LogP contribution < -0.4 is 19.9 Å². The molecule has 0 saturated carbocycles. The lowest BCUT2D eigenvalue weighted by Gasteiger charge is -2.35. The Bertz CT molecular complexity index is 1320. The summed E-state index contributed by atoms with van der Waals surface area (Å²) in [7, 11) is 1.56. The van der Waals surface area contributed by atoms with Crippen molar-refractivity contribution in [2.45, 2.75) is 6.92 Å². The molecule has 0 spiro atoms.